The fourth-order valence-electron chi connectivity index (χ4n) is 7.53. The van der Waals surface area contributed by atoms with Gasteiger partial charge in [0.05, 0.1) is 13.2 Å². The van der Waals surface area contributed by atoms with E-state index in [2.05, 4.69) is 62.5 Å². The van der Waals surface area contributed by atoms with E-state index in [1.807, 2.05) is 0 Å². The number of unbranched alkanes of at least 4 members (excludes halogenated alkanes) is 23. The molecule has 62 heavy (non-hydrogen) atoms. The summed E-state index contributed by atoms with van der Waals surface area (Å²) in [4.78, 5) is 25.4. The molecule has 0 aromatic rings. The number of carbonyl (C=O) groups is 2. The minimum absolute atomic E-state index is 0.217. The predicted octanol–water partition coefficient (Wildman–Crippen LogP) is 11.6. The number of hydrogen-bond acceptors (Lipinski definition) is 10. The van der Waals surface area contributed by atoms with Crippen molar-refractivity contribution in [2.24, 2.45) is 0 Å². The van der Waals surface area contributed by atoms with Crippen LogP contribution < -0.4 is 0 Å². The van der Waals surface area contributed by atoms with Crippen LogP contribution in [0.25, 0.3) is 0 Å². The second-order valence-corrected chi connectivity index (χ2v) is 17.2. The van der Waals surface area contributed by atoms with E-state index in [9.17, 15) is 30.0 Å². The largest absolute Gasteiger partial charge is 0.462 e. The van der Waals surface area contributed by atoms with Crippen LogP contribution in [0, 0.1) is 0 Å². The molecule has 0 aromatic carbocycles. The van der Waals surface area contributed by atoms with Crippen molar-refractivity contribution >= 4 is 11.9 Å². The number of hydrogen-bond donors (Lipinski definition) is 4. The molecule has 10 heteroatoms. The Bertz CT molecular complexity index is 1150. The van der Waals surface area contributed by atoms with Crippen LogP contribution >= 0.6 is 0 Å². The lowest BCUT2D eigenvalue weighted by Crippen LogP contribution is -2.59. The van der Waals surface area contributed by atoms with Crippen molar-refractivity contribution < 1.29 is 49.0 Å². The molecule has 0 bridgehead atoms. The maximum atomic E-state index is 12.8. The molecule has 0 amide bonds. The van der Waals surface area contributed by atoms with Gasteiger partial charge < -0.3 is 39.4 Å². The van der Waals surface area contributed by atoms with Crippen LogP contribution in [0.4, 0.5) is 0 Å². The Labute approximate surface area is 378 Å². The monoisotopic (exact) mass is 877 g/mol. The molecule has 1 fully saturated rings. The van der Waals surface area contributed by atoms with Gasteiger partial charge in [-0.25, -0.2) is 0 Å². The van der Waals surface area contributed by atoms with Gasteiger partial charge in [0.25, 0.3) is 0 Å². The number of aliphatic hydroxyl groups excluding tert-OH is 4. The molecule has 1 aliphatic heterocycles. The highest BCUT2D eigenvalue weighted by Crippen LogP contribution is 2.23. The van der Waals surface area contributed by atoms with Crippen molar-refractivity contribution in [3.8, 4) is 0 Å². The van der Waals surface area contributed by atoms with Crippen LogP contribution in [-0.2, 0) is 28.5 Å². The number of rotatable bonds is 42. The molecule has 0 saturated carbocycles. The molecule has 1 aliphatic rings. The Morgan fingerprint density at radius 2 is 0.952 bits per heavy atom. The van der Waals surface area contributed by atoms with Gasteiger partial charge in [-0.1, -0.05) is 197 Å². The number of ether oxygens (including phenoxy) is 4. The summed E-state index contributed by atoms with van der Waals surface area (Å²) in [6.45, 7) is 3.33. The Hall–Kier alpha value is -2.34. The highest BCUT2D eigenvalue weighted by molar-refractivity contribution is 5.70. The van der Waals surface area contributed by atoms with Crippen LogP contribution in [0.1, 0.15) is 213 Å². The third kappa shape index (κ3) is 33.2. The third-order valence-corrected chi connectivity index (χ3v) is 11.5. The van der Waals surface area contributed by atoms with Crippen molar-refractivity contribution in [1.29, 1.82) is 0 Å². The van der Waals surface area contributed by atoms with Crippen molar-refractivity contribution in [2.75, 3.05) is 19.8 Å². The smallest absolute Gasteiger partial charge is 0.306 e. The van der Waals surface area contributed by atoms with Crippen LogP contribution in [0.5, 0.6) is 0 Å². The van der Waals surface area contributed by atoms with Gasteiger partial charge in [-0.3, -0.25) is 9.59 Å². The zero-order chi connectivity index (χ0) is 45.1. The lowest BCUT2D eigenvalue weighted by molar-refractivity contribution is -0.305. The van der Waals surface area contributed by atoms with E-state index < -0.39 is 49.4 Å². The maximum Gasteiger partial charge on any atom is 0.306 e. The third-order valence-electron chi connectivity index (χ3n) is 11.5. The number of allylic oxidation sites excluding steroid dienone is 8. The van der Waals surface area contributed by atoms with Gasteiger partial charge in [0.2, 0.25) is 0 Å². The van der Waals surface area contributed by atoms with Gasteiger partial charge in [-0.2, -0.15) is 0 Å². The summed E-state index contributed by atoms with van der Waals surface area (Å²) in [5.41, 5.74) is 0. The first kappa shape index (κ1) is 57.7. The molecule has 6 atom stereocenters. The molecular weight excluding hydrogens is 785 g/mol. The Kier molecular flexibility index (Phi) is 39.6. The minimum Gasteiger partial charge on any atom is -0.462 e. The van der Waals surface area contributed by atoms with Gasteiger partial charge >= 0.3 is 11.9 Å². The van der Waals surface area contributed by atoms with E-state index >= 15 is 0 Å². The minimum atomic E-state index is -1.60. The standard InChI is InChI=1S/C52H92O10/c1-3-5-7-9-11-13-15-17-19-20-21-22-23-24-25-26-27-29-31-33-35-37-39-41-48(55)61-45(44-60-52-51(58)50(57)49(56)46(42-53)62-52)43-59-47(54)40-38-36-34-32-30-28-18-16-14-12-10-8-6-4-2/h5,7,11,13,17,19,21-22,45-46,49-53,56-58H,3-4,6,8-10,12,14-16,18,20,23-44H2,1-2H3/b7-5-,13-11-,19-17-,22-21-. The van der Waals surface area contributed by atoms with E-state index in [4.69, 9.17) is 18.9 Å². The zero-order valence-electron chi connectivity index (χ0n) is 39.4. The molecule has 0 aliphatic carbocycles. The van der Waals surface area contributed by atoms with Crippen LogP contribution in [0.15, 0.2) is 48.6 Å². The average molecular weight is 877 g/mol. The van der Waals surface area contributed by atoms with Crippen molar-refractivity contribution in [1.82, 2.24) is 0 Å². The molecule has 0 spiro atoms. The topological polar surface area (TPSA) is 152 Å². The fraction of sp³-hybridized carbons (Fsp3) is 0.808. The van der Waals surface area contributed by atoms with Crippen molar-refractivity contribution in [3.63, 3.8) is 0 Å². The van der Waals surface area contributed by atoms with E-state index in [1.54, 1.807) is 0 Å². The molecular formula is C52H92O10. The summed E-state index contributed by atoms with van der Waals surface area (Å²) >= 11 is 0. The van der Waals surface area contributed by atoms with Gasteiger partial charge in [0.1, 0.15) is 31.0 Å². The van der Waals surface area contributed by atoms with Crippen molar-refractivity contribution in [2.45, 2.75) is 250 Å². The van der Waals surface area contributed by atoms with Gasteiger partial charge in [-0.05, 0) is 51.4 Å². The molecule has 6 unspecified atom stereocenters. The molecule has 1 saturated heterocycles. The molecule has 0 aromatic heterocycles. The second kappa shape index (κ2) is 42.6. The number of aliphatic hydroxyl groups is 4. The molecule has 4 N–H and O–H groups in total. The SMILES string of the molecule is CC/C=C\C/C=C\C/C=C\C/C=C\CCCCCCCCCCCCC(=O)OC(COC(=O)CCCCCCCCCCCCCCCC)COC1OC(CO)C(O)C(O)C1O. The fourth-order valence-corrected chi connectivity index (χ4v) is 7.53. The van der Waals surface area contributed by atoms with E-state index in [0.29, 0.717) is 6.42 Å². The normalized spacial score (nSPS) is 20.0. The first-order valence-electron chi connectivity index (χ1n) is 25.2. The van der Waals surface area contributed by atoms with Crippen LogP contribution in [0.3, 0.4) is 0 Å². The Morgan fingerprint density at radius 3 is 1.44 bits per heavy atom. The molecule has 360 valence electrons. The highest BCUT2D eigenvalue weighted by Gasteiger charge is 2.44. The first-order valence-corrected chi connectivity index (χ1v) is 25.2. The average Bonchev–Trinajstić information content (AvgIpc) is 3.27. The van der Waals surface area contributed by atoms with Gasteiger partial charge in [-0.15, -0.1) is 0 Å². The predicted molar refractivity (Wildman–Crippen MR) is 252 cm³/mol. The highest BCUT2D eigenvalue weighted by atomic mass is 16.7. The zero-order valence-corrected chi connectivity index (χ0v) is 39.4. The van der Waals surface area contributed by atoms with E-state index in [0.717, 1.165) is 70.6 Å². The number of carbonyl (C=O) groups excluding carboxylic acids is 2. The van der Waals surface area contributed by atoms with Crippen LogP contribution in [0.2, 0.25) is 0 Å². The summed E-state index contributed by atoms with van der Waals surface area (Å²) < 4.78 is 22.2. The summed E-state index contributed by atoms with van der Waals surface area (Å²) in [7, 11) is 0. The Balaban J connectivity index is 2.25. The summed E-state index contributed by atoms with van der Waals surface area (Å²) in [6.07, 6.45) is 44.0. The molecule has 1 rings (SSSR count). The lowest BCUT2D eigenvalue weighted by Gasteiger charge is -2.39. The summed E-state index contributed by atoms with van der Waals surface area (Å²) in [5.74, 6) is -0.805. The quantitative estimate of drug-likeness (QED) is 0.0265. The second-order valence-electron chi connectivity index (χ2n) is 17.2. The summed E-state index contributed by atoms with van der Waals surface area (Å²) in [6, 6.07) is 0. The molecule has 10 nitrogen and oxygen atoms in total. The van der Waals surface area contributed by atoms with Crippen LogP contribution in [-0.4, -0.2) is 89.0 Å². The first-order chi connectivity index (χ1) is 30.3. The maximum absolute atomic E-state index is 12.8. The molecule has 1 heterocycles. The van der Waals surface area contributed by atoms with Gasteiger partial charge in [0.15, 0.2) is 12.4 Å². The van der Waals surface area contributed by atoms with Crippen molar-refractivity contribution in [3.05, 3.63) is 48.6 Å². The molecule has 0 radical (unpaired) electrons. The van der Waals surface area contributed by atoms with E-state index in [1.165, 1.54) is 109 Å². The number of esters is 2. The van der Waals surface area contributed by atoms with Gasteiger partial charge in [0, 0.05) is 12.8 Å². The lowest BCUT2D eigenvalue weighted by atomic mass is 9.99. The summed E-state index contributed by atoms with van der Waals surface area (Å²) in [5, 5.41) is 40.2. The van der Waals surface area contributed by atoms with E-state index in [-0.39, 0.29) is 32.0 Å². The Morgan fingerprint density at radius 1 is 0.516 bits per heavy atom.